The third kappa shape index (κ3) is 2.47. The zero-order chi connectivity index (χ0) is 14.8. The molecule has 0 amide bonds. The minimum Gasteiger partial charge on any atom is -0.339 e. The predicted octanol–water partition coefficient (Wildman–Crippen LogP) is 4.23. The third-order valence-electron chi connectivity index (χ3n) is 3.74. The van der Waals surface area contributed by atoms with Gasteiger partial charge in [0.2, 0.25) is 0 Å². The molecule has 2 nitrogen and oxygen atoms in total. The summed E-state index contributed by atoms with van der Waals surface area (Å²) in [6.07, 6.45) is 2.79. The van der Waals surface area contributed by atoms with Gasteiger partial charge in [0.05, 0.1) is 17.6 Å². The minimum atomic E-state index is -0.463. The van der Waals surface area contributed by atoms with Crippen molar-refractivity contribution in [2.75, 3.05) is 0 Å². The number of benzene rings is 2. The SMILES string of the molecule is CCc1cccc2ccn(CC(=O)c3ccccc3F)c12. The summed E-state index contributed by atoms with van der Waals surface area (Å²) in [4.78, 5) is 12.3. The fourth-order valence-electron chi connectivity index (χ4n) is 2.69. The Morgan fingerprint density at radius 1 is 1.10 bits per heavy atom. The molecule has 0 aliphatic carbocycles. The second-order valence-corrected chi connectivity index (χ2v) is 5.06. The van der Waals surface area contributed by atoms with Crippen LogP contribution >= 0.6 is 0 Å². The van der Waals surface area contributed by atoms with Crippen molar-refractivity contribution < 1.29 is 9.18 Å². The Kier molecular flexibility index (Phi) is 3.57. The third-order valence-corrected chi connectivity index (χ3v) is 3.74. The molecule has 0 aliphatic heterocycles. The molecular formula is C18H16FNO. The first kappa shape index (κ1) is 13.6. The summed E-state index contributed by atoms with van der Waals surface area (Å²) in [7, 11) is 0. The summed E-state index contributed by atoms with van der Waals surface area (Å²) in [5.41, 5.74) is 2.40. The van der Waals surface area contributed by atoms with Gasteiger partial charge < -0.3 is 4.57 Å². The number of nitrogens with zero attached hydrogens (tertiary/aromatic N) is 1. The molecule has 1 heterocycles. The molecular weight excluding hydrogens is 265 g/mol. The molecule has 3 heteroatoms. The van der Waals surface area contributed by atoms with Crippen LogP contribution in [-0.2, 0) is 13.0 Å². The van der Waals surface area contributed by atoms with Crippen LogP contribution in [0.2, 0.25) is 0 Å². The number of para-hydroxylation sites is 1. The summed E-state index contributed by atoms with van der Waals surface area (Å²) in [6.45, 7) is 2.24. The first-order chi connectivity index (χ1) is 10.2. The van der Waals surface area contributed by atoms with Gasteiger partial charge in [-0.1, -0.05) is 37.3 Å². The van der Waals surface area contributed by atoms with E-state index in [1.54, 1.807) is 12.1 Å². The highest BCUT2D eigenvalue weighted by atomic mass is 19.1. The van der Waals surface area contributed by atoms with E-state index in [0.29, 0.717) is 0 Å². The second-order valence-electron chi connectivity index (χ2n) is 5.06. The van der Waals surface area contributed by atoms with Crippen molar-refractivity contribution in [1.82, 2.24) is 4.57 Å². The molecule has 0 spiro atoms. The molecule has 0 N–H and O–H groups in total. The number of carbonyl (C=O) groups is 1. The Labute approximate surface area is 122 Å². The van der Waals surface area contributed by atoms with E-state index in [0.717, 1.165) is 17.3 Å². The van der Waals surface area contributed by atoms with Crippen LogP contribution in [0, 0.1) is 5.82 Å². The van der Waals surface area contributed by atoms with Crippen molar-refractivity contribution in [3.05, 3.63) is 71.7 Å². The van der Waals surface area contributed by atoms with Gasteiger partial charge in [-0.2, -0.15) is 0 Å². The van der Waals surface area contributed by atoms with Crippen LogP contribution in [0.15, 0.2) is 54.7 Å². The molecule has 0 radical (unpaired) electrons. The molecule has 1 aromatic heterocycles. The average Bonchev–Trinajstić information content (AvgIpc) is 2.91. The quantitative estimate of drug-likeness (QED) is 0.656. The minimum absolute atomic E-state index is 0.147. The first-order valence-corrected chi connectivity index (χ1v) is 7.05. The molecule has 0 saturated heterocycles. The number of aryl methyl sites for hydroxylation is 1. The molecule has 0 unspecified atom stereocenters. The molecule has 2 aromatic carbocycles. The van der Waals surface area contributed by atoms with Crippen molar-refractivity contribution in [2.45, 2.75) is 19.9 Å². The van der Waals surface area contributed by atoms with Gasteiger partial charge in [-0.15, -0.1) is 0 Å². The monoisotopic (exact) mass is 281 g/mol. The van der Waals surface area contributed by atoms with Gasteiger partial charge in [0.15, 0.2) is 5.78 Å². The van der Waals surface area contributed by atoms with E-state index in [2.05, 4.69) is 13.0 Å². The summed E-state index contributed by atoms with van der Waals surface area (Å²) in [6, 6.07) is 14.2. The van der Waals surface area contributed by atoms with E-state index in [1.165, 1.54) is 17.7 Å². The van der Waals surface area contributed by atoms with Crippen LogP contribution in [0.4, 0.5) is 4.39 Å². The summed E-state index contributed by atoms with van der Waals surface area (Å²) >= 11 is 0. The molecule has 21 heavy (non-hydrogen) atoms. The fraction of sp³-hybridized carbons (Fsp3) is 0.167. The van der Waals surface area contributed by atoms with Crippen molar-refractivity contribution in [1.29, 1.82) is 0 Å². The lowest BCUT2D eigenvalue weighted by molar-refractivity contribution is 0.0969. The van der Waals surface area contributed by atoms with Crippen molar-refractivity contribution in [3.8, 4) is 0 Å². The molecule has 0 bridgehead atoms. The van der Waals surface area contributed by atoms with E-state index in [-0.39, 0.29) is 17.9 Å². The molecule has 0 saturated carbocycles. The molecule has 3 aromatic rings. The lowest BCUT2D eigenvalue weighted by Gasteiger charge is -2.09. The zero-order valence-corrected chi connectivity index (χ0v) is 11.8. The standard InChI is InChI=1S/C18H16FNO/c1-2-13-6-5-7-14-10-11-20(18(13)14)12-17(21)15-8-3-4-9-16(15)19/h3-11H,2,12H2,1H3. The van der Waals surface area contributed by atoms with Gasteiger partial charge >= 0.3 is 0 Å². The molecule has 106 valence electrons. The molecule has 0 atom stereocenters. The number of rotatable bonds is 4. The summed E-state index contributed by atoms with van der Waals surface area (Å²) in [5, 5.41) is 1.11. The van der Waals surface area contributed by atoms with Crippen LogP contribution in [0.3, 0.4) is 0 Å². The Balaban J connectivity index is 1.99. The lowest BCUT2D eigenvalue weighted by Crippen LogP contribution is -2.11. The Hall–Kier alpha value is -2.42. The Bertz CT molecular complexity index is 804. The van der Waals surface area contributed by atoms with E-state index < -0.39 is 5.82 Å². The van der Waals surface area contributed by atoms with Gasteiger partial charge in [0.1, 0.15) is 5.82 Å². The highest BCUT2D eigenvalue weighted by molar-refractivity contribution is 5.97. The maximum atomic E-state index is 13.7. The highest BCUT2D eigenvalue weighted by Crippen LogP contribution is 2.21. The fourth-order valence-corrected chi connectivity index (χ4v) is 2.69. The second kappa shape index (κ2) is 5.52. The number of Topliss-reactive ketones (excluding diaryl/α,β-unsaturated/α-hetero) is 1. The van der Waals surface area contributed by atoms with Crippen LogP contribution in [0.5, 0.6) is 0 Å². The topological polar surface area (TPSA) is 22.0 Å². The van der Waals surface area contributed by atoms with Crippen LogP contribution in [-0.4, -0.2) is 10.4 Å². The summed E-state index contributed by atoms with van der Waals surface area (Å²) in [5.74, 6) is -0.675. The number of carbonyl (C=O) groups excluding carboxylic acids is 1. The van der Waals surface area contributed by atoms with E-state index in [9.17, 15) is 9.18 Å². The average molecular weight is 281 g/mol. The number of hydrogen-bond acceptors (Lipinski definition) is 1. The first-order valence-electron chi connectivity index (χ1n) is 7.05. The normalized spacial score (nSPS) is 11.0. The van der Waals surface area contributed by atoms with Gasteiger partial charge in [-0.3, -0.25) is 4.79 Å². The Morgan fingerprint density at radius 3 is 2.67 bits per heavy atom. The lowest BCUT2D eigenvalue weighted by atomic mass is 10.1. The van der Waals surface area contributed by atoms with Gasteiger partial charge in [-0.25, -0.2) is 4.39 Å². The molecule has 3 rings (SSSR count). The predicted molar refractivity (Wildman–Crippen MR) is 82.0 cm³/mol. The number of fused-ring (bicyclic) bond motifs is 1. The van der Waals surface area contributed by atoms with E-state index in [4.69, 9.17) is 0 Å². The highest BCUT2D eigenvalue weighted by Gasteiger charge is 2.13. The summed E-state index contributed by atoms with van der Waals surface area (Å²) < 4.78 is 15.6. The van der Waals surface area contributed by atoms with Gasteiger partial charge in [0.25, 0.3) is 0 Å². The van der Waals surface area contributed by atoms with Crippen molar-refractivity contribution in [2.24, 2.45) is 0 Å². The molecule has 0 aliphatic rings. The van der Waals surface area contributed by atoms with Gasteiger partial charge in [-0.05, 0) is 35.6 Å². The maximum Gasteiger partial charge on any atom is 0.185 e. The van der Waals surface area contributed by atoms with Crippen molar-refractivity contribution in [3.63, 3.8) is 0 Å². The van der Waals surface area contributed by atoms with Crippen LogP contribution < -0.4 is 0 Å². The van der Waals surface area contributed by atoms with E-state index >= 15 is 0 Å². The Morgan fingerprint density at radius 2 is 1.90 bits per heavy atom. The van der Waals surface area contributed by atoms with Gasteiger partial charge in [0, 0.05) is 6.20 Å². The smallest absolute Gasteiger partial charge is 0.185 e. The number of hydrogen-bond donors (Lipinski definition) is 0. The number of aromatic nitrogens is 1. The van der Waals surface area contributed by atoms with Crippen molar-refractivity contribution >= 4 is 16.7 Å². The van der Waals surface area contributed by atoms with Crippen LogP contribution in [0.1, 0.15) is 22.8 Å². The maximum absolute atomic E-state index is 13.7. The largest absolute Gasteiger partial charge is 0.339 e. The molecule has 0 fully saturated rings. The van der Waals surface area contributed by atoms with E-state index in [1.807, 2.05) is 29.0 Å². The number of halogens is 1. The number of ketones is 1. The zero-order valence-electron chi connectivity index (χ0n) is 11.8. The van der Waals surface area contributed by atoms with Crippen LogP contribution in [0.25, 0.3) is 10.9 Å².